The van der Waals surface area contributed by atoms with Crippen LogP contribution < -0.4 is 10.6 Å². The van der Waals surface area contributed by atoms with E-state index < -0.39 is 0 Å². The van der Waals surface area contributed by atoms with Gasteiger partial charge in [0.1, 0.15) is 11.6 Å². The predicted molar refractivity (Wildman–Crippen MR) is 103 cm³/mol. The lowest BCUT2D eigenvalue weighted by Crippen LogP contribution is -2.21. The van der Waals surface area contributed by atoms with Gasteiger partial charge in [-0.25, -0.2) is 9.37 Å². The summed E-state index contributed by atoms with van der Waals surface area (Å²) in [6, 6.07) is 9.97. The molecule has 0 aliphatic rings. The molecule has 134 valence electrons. The molecule has 3 N–H and O–H groups in total. The molecule has 0 aliphatic heterocycles. The van der Waals surface area contributed by atoms with E-state index in [-0.39, 0.29) is 18.5 Å². The van der Waals surface area contributed by atoms with Crippen molar-refractivity contribution in [1.82, 2.24) is 15.0 Å². The Bertz CT molecular complexity index is 894. The highest BCUT2D eigenvalue weighted by Gasteiger charge is 2.10. The summed E-state index contributed by atoms with van der Waals surface area (Å²) < 4.78 is 14.1. The van der Waals surface area contributed by atoms with Crippen molar-refractivity contribution in [3.8, 4) is 11.3 Å². The van der Waals surface area contributed by atoms with Gasteiger partial charge in [-0.2, -0.15) is 4.98 Å². The second-order valence-electron chi connectivity index (χ2n) is 5.68. The van der Waals surface area contributed by atoms with Crippen LogP contribution in [0.15, 0.2) is 53.3 Å². The Morgan fingerprint density at radius 2 is 1.92 bits per heavy atom. The molecule has 3 rings (SSSR count). The number of halogens is 2. The number of benzene rings is 1. The quantitative estimate of drug-likeness (QED) is 0.562. The first-order valence-corrected chi connectivity index (χ1v) is 8.73. The van der Waals surface area contributed by atoms with Gasteiger partial charge < -0.3 is 15.7 Å². The third kappa shape index (κ3) is 4.53. The van der Waals surface area contributed by atoms with Crippen molar-refractivity contribution in [3.05, 3.63) is 59.1 Å². The van der Waals surface area contributed by atoms with Gasteiger partial charge in [-0.1, -0.05) is 0 Å². The zero-order valence-electron chi connectivity index (χ0n) is 13.9. The van der Waals surface area contributed by atoms with E-state index >= 15 is 0 Å². The maximum atomic E-state index is 13.8. The minimum atomic E-state index is -0.370. The highest BCUT2D eigenvalue weighted by molar-refractivity contribution is 9.10. The van der Waals surface area contributed by atoms with Gasteiger partial charge in [0, 0.05) is 35.8 Å². The second-order valence-corrected chi connectivity index (χ2v) is 6.53. The molecule has 0 spiro atoms. The summed E-state index contributed by atoms with van der Waals surface area (Å²) in [5.41, 5.74) is 2.11. The molecular formula is C18H17BrFN5O. The van der Waals surface area contributed by atoms with Gasteiger partial charge in [-0.05, 0) is 53.2 Å². The van der Waals surface area contributed by atoms with Crippen molar-refractivity contribution in [2.24, 2.45) is 0 Å². The predicted octanol–water partition coefficient (Wildman–Crippen LogP) is 3.98. The second kappa shape index (κ2) is 8.20. The lowest BCUT2D eigenvalue weighted by atomic mass is 10.2. The fraction of sp³-hybridized carbons (Fsp3) is 0.167. The summed E-state index contributed by atoms with van der Waals surface area (Å²) in [5, 5.41) is 15.4. The minimum Gasteiger partial charge on any atom is -0.394 e. The molecular weight excluding hydrogens is 401 g/mol. The molecule has 0 radical (unpaired) electrons. The normalized spacial score (nSPS) is 11.8. The van der Waals surface area contributed by atoms with Crippen molar-refractivity contribution in [3.63, 3.8) is 0 Å². The van der Waals surface area contributed by atoms with Crippen LogP contribution in [-0.2, 0) is 0 Å². The monoisotopic (exact) mass is 417 g/mol. The van der Waals surface area contributed by atoms with Crippen LogP contribution >= 0.6 is 15.9 Å². The number of aliphatic hydroxyl groups is 1. The molecule has 0 fully saturated rings. The number of hydrogen-bond donors (Lipinski definition) is 3. The molecule has 2 aromatic heterocycles. The van der Waals surface area contributed by atoms with E-state index in [4.69, 9.17) is 0 Å². The molecule has 26 heavy (non-hydrogen) atoms. The van der Waals surface area contributed by atoms with Crippen molar-refractivity contribution in [2.75, 3.05) is 17.2 Å². The highest BCUT2D eigenvalue weighted by Crippen LogP contribution is 2.25. The molecule has 0 aliphatic carbocycles. The van der Waals surface area contributed by atoms with Crippen LogP contribution in [-0.4, -0.2) is 32.7 Å². The summed E-state index contributed by atoms with van der Waals surface area (Å²) >= 11 is 3.14. The Hall–Kier alpha value is -2.58. The Labute approximate surface area is 158 Å². The van der Waals surface area contributed by atoms with E-state index in [2.05, 4.69) is 41.5 Å². The van der Waals surface area contributed by atoms with Crippen LogP contribution in [0.1, 0.15) is 6.92 Å². The van der Waals surface area contributed by atoms with Crippen LogP contribution in [0.5, 0.6) is 0 Å². The topological polar surface area (TPSA) is 83.0 Å². The van der Waals surface area contributed by atoms with Crippen LogP contribution in [0.25, 0.3) is 11.3 Å². The van der Waals surface area contributed by atoms with Gasteiger partial charge in [0.2, 0.25) is 5.95 Å². The van der Waals surface area contributed by atoms with Gasteiger partial charge in [0.05, 0.1) is 16.8 Å². The van der Waals surface area contributed by atoms with Gasteiger partial charge in [-0.3, -0.25) is 4.98 Å². The first-order chi connectivity index (χ1) is 12.5. The molecule has 2 heterocycles. The Morgan fingerprint density at radius 1 is 1.15 bits per heavy atom. The molecule has 0 saturated carbocycles. The molecule has 6 nitrogen and oxygen atoms in total. The SMILES string of the molecule is C[C@@H](CO)Nc1nc(Nc2ccc(Br)c(F)c2)cc(-c2ccncc2)n1. The zero-order chi connectivity index (χ0) is 18.5. The van der Waals surface area contributed by atoms with E-state index in [9.17, 15) is 9.50 Å². The summed E-state index contributed by atoms with van der Waals surface area (Å²) in [7, 11) is 0. The number of aromatic nitrogens is 3. The van der Waals surface area contributed by atoms with Crippen LogP contribution in [0.3, 0.4) is 0 Å². The van der Waals surface area contributed by atoms with Gasteiger partial charge >= 0.3 is 0 Å². The third-order valence-electron chi connectivity index (χ3n) is 3.54. The van der Waals surface area contributed by atoms with E-state index in [1.54, 1.807) is 30.6 Å². The van der Waals surface area contributed by atoms with Gasteiger partial charge in [0.25, 0.3) is 0 Å². The van der Waals surface area contributed by atoms with Crippen LogP contribution in [0, 0.1) is 5.82 Å². The van der Waals surface area contributed by atoms with E-state index in [0.29, 0.717) is 27.6 Å². The maximum absolute atomic E-state index is 13.8. The number of aliphatic hydroxyl groups excluding tert-OH is 1. The fourth-order valence-corrected chi connectivity index (χ4v) is 2.48. The first kappa shape index (κ1) is 18.2. The summed E-state index contributed by atoms with van der Waals surface area (Å²) in [6.45, 7) is 1.77. The summed E-state index contributed by atoms with van der Waals surface area (Å²) in [5.74, 6) is 0.493. The van der Waals surface area contributed by atoms with Crippen LogP contribution in [0.4, 0.5) is 21.8 Å². The van der Waals surface area contributed by atoms with Crippen molar-refractivity contribution >= 4 is 33.4 Å². The van der Waals surface area contributed by atoms with E-state index in [1.807, 2.05) is 19.1 Å². The van der Waals surface area contributed by atoms with Gasteiger partial charge in [0.15, 0.2) is 0 Å². The summed E-state index contributed by atoms with van der Waals surface area (Å²) in [6.07, 6.45) is 3.36. The number of hydrogen-bond acceptors (Lipinski definition) is 6. The smallest absolute Gasteiger partial charge is 0.225 e. The summed E-state index contributed by atoms with van der Waals surface area (Å²) in [4.78, 5) is 12.9. The fourth-order valence-electron chi connectivity index (χ4n) is 2.23. The lowest BCUT2D eigenvalue weighted by molar-refractivity contribution is 0.281. The standard InChI is InChI=1S/C18H17BrFN5O/c1-11(10-26)22-18-24-16(12-4-6-21-7-5-12)9-17(25-18)23-13-2-3-14(19)15(20)8-13/h2-9,11,26H,10H2,1H3,(H2,22,23,24,25)/t11-/m0/s1. The maximum Gasteiger partial charge on any atom is 0.225 e. The largest absolute Gasteiger partial charge is 0.394 e. The number of nitrogens with zero attached hydrogens (tertiary/aromatic N) is 3. The molecule has 0 bridgehead atoms. The highest BCUT2D eigenvalue weighted by atomic mass is 79.9. The molecule has 0 unspecified atom stereocenters. The molecule has 3 aromatic rings. The average molecular weight is 418 g/mol. The molecule has 0 saturated heterocycles. The first-order valence-electron chi connectivity index (χ1n) is 7.94. The van der Waals surface area contributed by atoms with E-state index in [1.165, 1.54) is 6.07 Å². The lowest BCUT2D eigenvalue weighted by Gasteiger charge is -2.14. The number of anilines is 3. The van der Waals surface area contributed by atoms with Crippen LogP contribution in [0.2, 0.25) is 0 Å². The molecule has 1 atom stereocenters. The van der Waals surface area contributed by atoms with E-state index in [0.717, 1.165) is 5.56 Å². The molecule has 8 heteroatoms. The van der Waals surface area contributed by atoms with Crippen molar-refractivity contribution in [2.45, 2.75) is 13.0 Å². The minimum absolute atomic E-state index is 0.0521. The molecule has 0 amide bonds. The molecule has 1 aromatic carbocycles. The number of nitrogens with one attached hydrogen (secondary N) is 2. The number of rotatable bonds is 6. The van der Waals surface area contributed by atoms with Crippen molar-refractivity contribution < 1.29 is 9.50 Å². The Kier molecular flexibility index (Phi) is 5.75. The average Bonchev–Trinajstić information content (AvgIpc) is 2.65. The Morgan fingerprint density at radius 3 is 2.62 bits per heavy atom. The Balaban J connectivity index is 1.97. The zero-order valence-corrected chi connectivity index (χ0v) is 15.5. The van der Waals surface area contributed by atoms with Crippen molar-refractivity contribution in [1.29, 1.82) is 0 Å². The number of pyridine rings is 1. The van der Waals surface area contributed by atoms with Gasteiger partial charge in [-0.15, -0.1) is 0 Å². The third-order valence-corrected chi connectivity index (χ3v) is 4.19.